The van der Waals surface area contributed by atoms with Gasteiger partial charge < -0.3 is 5.32 Å². The Balaban J connectivity index is 1.53. The molecule has 0 aliphatic carbocycles. The van der Waals surface area contributed by atoms with Gasteiger partial charge in [-0.25, -0.2) is 8.78 Å². The zero-order valence-corrected chi connectivity index (χ0v) is 16.4. The fraction of sp³-hybridized carbons (Fsp3) is 0.136. The number of hydrogen-bond acceptors (Lipinski definition) is 3. The highest BCUT2D eigenvalue weighted by Gasteiger charge is 2.18. The lowest BCUT2D eigenvalue weighted by Crippen LogP contribution is -2.14. The molecule has 0 fully saturated rings. The molecular weight excluding hydrogens is 388 g/mol. The molecule has 152 valence electrons. The number of amides is 1. The fourth-order valence-electron chi connectivity index (χ4n) is 3.21. The van der Waals surface area contributed by atoms with Crippen molar-refractivity contribution in [2.45, 2.75) is 20.4 Å². The lowest BCUT2D eigenvalue weighted by Gasteiger charge is -2.07. The first-order valence-corrected chi connectivity index (χ1v) is 9.32. The Kier molecular flexibility index (Phi) is 5.14. The number of aromatic amines is 1. The average molecular weight is 407 g/mol. The SMILES string of the molecule is Cc1nn(Cc2ccccc2F)c(C)c1NC(=O)c1cc(-c2ccc(F)cc2)n[nH]1. The molecule has 0 saturated heterocycles. The molecule has 2 heterocycles. The summed E-state index contributed by atoms with van der Waals surface area (Å²) in [6.07, 6.45) is 0. The van der Waals surface area contributed by atoms with Gasteiger partial charge in [-0.2, -0.15) is 10.2 Å². The Labute approximate surface area is 171 Å². The molecule has 0 bridgehead atoms. The Morgan fingerprint density at radius 3 is 2.57 bits per heavy atom. The Hall–Kier alpha value is -3.81. The van der Waals surface area contributed by atoms with Crippen LogP contribution in [-0.4, -0.2) is 25.9 Å². The molecular formula is C22H19F2N5O. The highest BCUT2D eigenvalue weighted by molar-refractivity contribution is 6.04. The van der Waals surface area contributed by atoms with E-state index in [0.29, 0.717) is 33.9 Å². The van der Waals surface area contributed by atoms with Gasteiger partial charge in [-0.1, -0.05) is 18.2 Å². The van der Waals surface area contributed by atoms with Crippen LogP contribution in [-0.2, 0) is 6.54 Å². The van der Waals surface area contributed by atoms with Gasteiger partial charge in [0.15, 0.2) is 0 Å². The first kappa shape index (κ1) is 19.5. The number of carbonyl (C=O) groups is 1. The second-order valence-corrected chi connectivity index (χ2v) is 6.92. The van der Waals surface area contributed by atoms with E-state index in [1.54, 1.807) is 48.0 Å². The van der Waals surface area contributed by atoms with Gasteiger partial charge in [0.25, 0.3) is 5.91 Å². The molecule has 0 radical (unpaired) electrons. The first-order chi connectivity index (χ1) is 14.4. The molecule has 30 heavy (non-hydrogen) atoms. The van der Waals surface area contributed by atoms with Crippen molar-refractivity contribution in [3.63, 3.8) is 0 Å². The van der Waals surface area contributed by atoms with E-state index in [4.69, 9.17) is 0 Å². The summed E-state index contributed by atoms with van der Waals surface area (Å²) in [5.41, 5.74) is 3.89. The fourth-order valence-corrected chi connectivity index (χ4v) is 3.21. The van der Waals surface area contributed by atoms with E-state index < -0.39 is 0 Å². The van der Waals surface area contributed by atoms with Crippen LogP contribution in [0, 0.1) is 25.5 Å². The Morgan fingerprint density at radius 1 is 1.10 bits per heavy atom. The summed E-state index contributed by atoms with van der Waals surface area (Å²) in [6.45, 7) is 3.85. The van der Waals surface area contributed by atoms with Crippen LogP contribution in [0.25, 0.3) is 11.3 Å². The predicted octanol–water partition coefficient (Wildman–Crippen LogP) is 4.47. The topological polar surface area (TPSA) is 75.6 Å². The molecule has 0 aliphatic rings. The van der Waals surface area contributed by atoms with Gasteiger partial charge in [0.2, 0.25) is 0 Å². The quantitative estimate of drug-likeness (QED) is 0.513. The monoisotopic (exact) mass is 407 g/mol. The summed E-state index contributed by atoms with van der Waals surface area (Å²) in [7, 11) is 0. The standard InChI is InChI=1S/C22H19F2N5O/c1-13-21(14(2)29(28-13)12-16-5-3-4-6-18(16)24)25-22(30)20-11-19(26-27-20)15-7-9-17(23)10-8-15/h3-11H,12H2,1-2H3,(H,25,30)(H,26,27). The van der Waals surface area contributed by atoms with E-state index in [-0.39, 0.29) is 29.8 Å². The van der Waals surface area contributed by atoms with E-state index in [0.717, 1.165) is 0 Å². The van der Waals surface area contributed by atoms with Gasteiger partial charge in [-0.05, 0) is 50.2 Å². The predicted molar refractivity (Wildman–Crippen MR) is 109 cm³/mol. The van der Waals surface area contributed by atoms with Crippen LogP contribution in [0.4, 0.5) is 14.5 Å². The maximum Gasteiger partial charge on any atom is 0.273 e. The first-order valence-electron chi connectivity index (χ1n) is 9.32. The van der Waals surface area contributed by atoms with Gasteiger partial charge >= 0.3 is 0 Å². The third-order valence-electron chi connectivity index (χ3n) is 4.86. The Morgan fingerprint density at radius 2 is 1.83 bits per heavy atom. The number of nitrogens with one attached hydrogen (secondary N) is 2. The normalized spacial score (nSPS) is 10.9. The molecule has 0 spiro atoms. The minimum Gasteiger partial charge on any atom is -0.318 e. The van der Waals surface area contributed by atoms with Gasteiger partial charge in [-0.15, -0.1) is 0 Å². The van der Waals surface area contributed by atoms with Crippen molar-refractivity contribution in [1.29, 1.82) is 0 Å². The molecule has 0 saturated carbocycles. The van der Waals surface area contributed by atoms with Crippen LogP contribution in [0.1, 0.15) is 27.4 Å². The van der Waals surface area contributed by atoms with Gasteiger partial charge in [0.1, 0.15) is 17.3 Å². The Bertz CT molecular complexity index is 1210. The molecule has 2 aromatic heterocycles. The zero-order valence-electron chi connectivity index (χ0n) is 16.4. The van der Waals surface area contributed by atoms with Crippen LogP contribution in [0.3, 0.4) is 0 Å². The van der Waals surface area contributed by atoms with Gasteiger partial charge in [0.05, 0.1) is 29.3 Å². The average Bonchev–Trinajstić information content (AvgIpc) is 3.32. The van der Waals surface area contributed by atoms with Crippen molar-refractivity contribution < 1.29 is 13.6 Å². The third-order valence-corrected chi connectivity index (χ3v) is 4.86. The van der Waals surface area contributed by atoms with E-state index in [1.165, 1.54) is 18.2 Å². The van der Waals surface area contributed by atoms with Crippen molar-refractivity contribution in [2.24, 2.45) is 0 Å². The molecule has 2 N–H and O–H groups in total. The lowest BCUT2D eigenvalue weighted by molar-refractivity contribution is 0.102. The maximum absolute atomic E-state index is 14.0. The number of H-pyrrole nitrogens is 1. The number of aryl methyl sites for hydroxylation is 1. The second kappa shape index (κ2) is 7.90. The number of anilines is 1. The number of carbonyl (C=O) groups excluding carboxylic acids is 1. The van der Waals surface area contributed by atoms with Crippen molar-refractivity contribution in [3.8, 4) is 11.3 Å². The van der Waals surface area contributed by atoms with Crippen LogP contribution in [0.15, 0.2) is 54.6 Å². The van der Waals surface area contributed by atoms with E-state index in [2.05, 4.69) is 20.6 Å². The highest BCUT2D eigenvalue weighted by atomic mass is 19.1. The van der Waals surface area contributed by atoms with Crippen molar-refractivity contribution in [2.75, 3.05) is 5.32 Å². The molecule has 0 atom stereocenters. The van der Waals surface area contributed by atoms with Gasteiger partial charge in [-0.3, -0.25) is 14.6 Å². The van der Waals surface area contributed by atoms with E-state index >= 15 is 0 Å². The maximum atomic E-state index is 14.0. The minimum absolute atomic E-state index is 0.258. The summed E-state index contributed by atoms with van der Waals surface area (Å²) < 4.78 is 28.7. The molecule has 1 amide bonds. The minimum atomic E-state index is -0.382. The number of hydrogen-bond donors (Lipinski definition) is 2. The van der Waals surface area contributed by atoms with Crippen molar-refractivity contribution in [1.82, 2.24) is 20.0 Å². The highest BCUT2D eigenvalue weighted by Crippen LogP contribution is 2.23. The number of benzene rings is 2. The summed E-state index contributed by atoms with van der Waals surface area (Å²) in [5, 5.41) is 14.1. The van der Waals surface area contributed by atoms with E-state index in [1.807, 2.05) is 6.92 Å². The summed E-state index contributed by atoms with van der Waals surface area (Å²) >= 11 is 0. The molecule has 0 aliphatic heterocycles. The molecule has 4 aromatic rings. The smallest absolute Gasteiger partial charge is 0.273 e. The van der Waals surface area contributed by atoms with Crippen LogP contribution in [0.2, 0.25) is 0 Å². The number of rotatable bonds is 5. The van der Waals surface area contributed by atoms with Crippen LogP contribution in [0.5, 0.6) is 0 Å². The zero-order chi connectivity index (χ0) is 21.3. The van der Waals surface area contributed by atoms with E-state index in [9.17, 15) is 13.6 Å². The lowest BCUT2D eigenvalue weighted by atomic mass is 10.1. The summed E-state index contributed by atoms with van der Waals surface area (Å²) in [5.74, 6) is -1.03. The summed E-state index contributed by atoms with van der Waals surface area (Å²) in [6, 6.07) is 14.0. The molecule has 4 rings (SSSR count). The number of aromatic nitrogens is 4. The van der Waals surface area contributed by atoms with Crippen molar-refractivity contribution >= 4 is 11.6 Å². The third kappa shape index (κ3) is 3.84. The molecule has 8 heteroatoms. The van der Waals surface area contributed by atoms with Crippen LogP contribution >= 0.6 is 0 Å². The largest absolute Gasteiger partial charge is 0.318 e. The van der Waals surface area contributed by atoms with Gasteiger partial charge in [0, 0.05) is 11.1 Å². The molecule has 6 nitrogen and oxygen atoms in total. The van der Waals surface area contributed by atoms with Crippen molar-refractivity contribution in [3.05, 3.63) is 88.9 Å². The second-order valence-electron chi connectivity index (χ2n) is 6.92. The number of nitrogens with zero attached hydrogens (tertiary/aromatic N) is 3. The van der Waals surface area contributed by atoms with Crippen LogP contribution < -0.4 is 5.32 Å². The summed E-state index contributed by atoms with van der Waals surface area (Å²) in [4.78, 5) is 12.7. The molecule has 2 aromatic carbocycles. The molecule has 0 unspecified atom stereocenters. The number of halogens is 2.